The third-order valence-corrected chi connectivity index (χ3v) is 7.59. The summed E-state index contributed by atoms with van der Waals surface area (Å²) in [7, 11) is -3.91. The summed E-state index contributed by atoms with van der Waals surface area (Å²) in [5.74, 6) is 0.558. The van der Waals surface area contributed by atoms with Crippen LogP contribution in [0.5, 0.6) is 11.5 Å². The van der Waals surface area contributed by atoms with Gasteiger partial charge in [0, 0.05) is 24.9 Å². The smallest absolute Gasteiger partial charge is 0.297 e. The van der Waals surface area contributed by atoms with Crippen molar-refractivity contribution < 1.29 is 31.5 Å². The molecule has 1 aliphatic heterocycles. The maximum absolute atomic E-state index is 12.7. The molecular weight excluding hydrogens is 520 g/mol. The lowest BCUT2D eigenvalue weighted by Gasteiger charge is -2.29. The van der Waals surface area contributed by atoms with Gasteiger partial charge in [0.1, 0.15) is 17.6 Å². The minimum absolute atomic E-state index is 0.114. The molecule has 0 spiro atoms. The molecule has 0 saturated carbocycles. The Morgan fingerprint density at radius 2 is 1.74 bits per heavy atom. The van der Waals surface area contributed by atoms with Crippen molar-refractivity contribution in [3.8, 4) is 11.5 Å². The molecule has 39 heavy (non-hydrogen) atoms. The largest absolute Gasteiger partial charge is 0.493 e. The van der Waals surface area contributed by atoms with Gasteiger partial charge in [0.2, 0.25) is 0 Å². The number of ether oxygens (including phenoxy) is 4. The Balaban J connectivity index is 1.45. The number of nitrogens with zero attached hydrogens (tertiary/aromatic N) is 2. The molecule has 0 amide bonds. The Hall–Kier alpha value is -2.92. The first-order chi connectivity index (χ1) is 18.8. The molecule has 0 radical (unpaired) electrons. The lowest BCUT2D eigenvalue weighted by atomic mass is 10.0. The lowest BCUT2D eigenvalue weighted by Crippen LogP contribution is -2.37. The summed E-state index contributed by atoms with van der Waals surface area (Å²) in [5.41, 5.74) is 2.01. The zero-order valence-electron chi connectivity index (χ0n) is 22.9. The number of aromatic nitrogens is 2. The summed E-state index contributed by atoms with van der Waals surface area (Å²) >= 11 is 0. The highest BCUT2D eigenvalue weighted by Crippen LogP contribution is 2.33. The molecular formula is C29H38N2O7S. The highest BCUT2D eigenvalue weighted by molar-refractivity contribution is 7.86. The highest BCUT2D eigenvalue weighted by Gasteiger charge is 2.42. The second-order valence-electron chi connectivity index (χ2n) is 9.76. The van der Waals surface area contributed by atoms with Crippen LogP contribution in [0, 0.1) is 6.92 Å². The van der Waals surface area contributed by atoms with Crippen LogP contribution >= 0.6 is 0 Å². The van der Waals surface area contributed by atoms with Crippen molar-refractivity contribution >= 4 is 10.1 Å². The van der Waals surface area contributed by atoms with Gasteiger partial charge in [-0.1, -0.05) is 31.5 Å². The first kappa shape index (κ1) is 29.1. The number of benzene rings is 2. The molecule has 212 valence electrons. The molecule has 0 unspecified atom stereocenters. The zero-order valence-corrected chi connectivity index (χ0v) is 23.7. The average Bonchev–Trinajstić information content (AvgIpc) is 3.59. The molecule has 2 heterocycles. The number of hydrogen-bond donors (Lipinski definition) is 0. The summed E-state index contributed by atoms with van der Waals surface area (Å²) < 4.78 is 57.0. The molecule has 9 nitrogen and oxygen atoms in total. The van der Waals surface area contributed by atoms with Gasteiger partial charge < -0.3 is 23.5 Å². The normalized spacial score (nSPS) is 19.3. The van der Waals surface area contributed by atoms with E-state index in [1.54, 1.807) is 24.7 Å². The van der Waals surface area contributed by atoms with E-state index >= 15 is 0 Å². The predicted molar refractivity (Wildman–Crippen MR) is 146 cm³/mol. The van der Waals surface area contributed by atoms with Crippen molar-refractivity contribution in [3.05, 3.63) is 72.3 Å². The Morgan fingerprint density at radius 1 is 1.05 bits per heavy atom. The van der Waals surface area contributed by atoms with Gasteiger partial charge in [-0.25, -0.2) is 4.98 Å². The number of rotatable bonds is 15. The number of aryl methyl sites for hydroxylation is 2. The van der Waals surface area contributed by atoms with E-state index in [1.165, 1.54) is 12.1 Å². The monoisotopic (exact) mass is 558 g/mol. The van der Waals surface area contributed by atoms with E-state index < -0.39 is 22.0 Å². The summed E-state index contributed by atoms with van der Waals surface area (Å²) in [5, 5.41) is 0. The van der Waals surface area contributed by atoms with Crippen molar-refractivity contribution in [1.82, 2.24) is 9.55 Å². The fourth-order valence-electron chi connectivity index (χ4n) is 4.30. The van der Waals surface area contributed by atoms with Crippen molar-refractivity contribution in [2.24, 2.45) is 0 Å². The quantitative estimate of drug-likeness (QED) is 0.243. The van der Waals surface area contributed by atoms with Crippen LogP contribution in [0.4, 0.5) is 0 Å². The molecule has 1 aliphatic rings. The van der Waals surface area contributed by atoms with Gasteiger partial charge in [-0.15, -0.1) is 0 Å². The van der Waals surface area contributed by atoms with E-state index in [4.69, 9.17) is 23.1 Å². The third-order valence-electron chi connectivity index (χ3n) is 6.30. The van der Waals surface area contributed by atoms with Crippen LogP contribution in [0.2, 0.25) is 0 Å². The van der Waals surface area contributed by atoms with E-state index in [9.17, 15) is 8.42 Å². The van der Waals surface area contributed by atoms with Gasteiger partial charge >= 0.3 is 0 Å². The summed E-state index contributed by atoms with van der Waals surface area (Å²) in [6.45, 7) is 7.76. The Morgan fingerprint density at radius 3 is 2.36 bits per heavy atom. The molecule has 2 aromatic carbocycles. The molecule has 10 heteroatoms. The van der Waals surface area contributed by atoms with Crippen molar-refractivity contribution in [2.75, 3.05) is 26.4 Å². The Bertz CT molecular complexity index is 1250. The van der Waals surface area contributed by atoms with Crippen molar-refractivity contribution in [2.45, 2.75) is 69.8 Å². The van der Waals surface area contributed by atoms with E-state index in [1.807, 2.05) is 35.9 Å². The average molecular weight is 559 g/mol. The van der Waals surface area contributed by atoms with Gasteiger partial charge in [-0.2, -0.15) is 8.42 Å². The van der Waals surface area contributed by atoms with Crippen LogP contribution in [0.1, 0.15) is 44.2 Å². The van der Waals surface area contributed by atoms with Crippen LogP contribution < -0.4 is 9.47 Å². The number of imidazole rings is 1. The summed E-state index contributed by atoms with van der Waals surface area (Å²) in [6.07, 6.45) is 7.68. The Kier molecular flexibility index (Phi) is 10.0. The predicted octanol–water partition coefficient (Wildman–Crippen LogP) is 4.92. The topological polar surface area (TPSA) is 98.1 Å². The van der Waals surface area contributed by atoms with Crippen LogP contribution in [0.15, 0.2) is 66.1 Å². The van der Waals surface area contributed by atoms with Gasteiger partial charge in [-0.05, 0) is 56.0 Å². The van der Waals surface area contributed by atoms with Gasteiger partial charge in [0.15, 0.2) is 5.79 Å². The lowest BCUT2D eigenvalue weighted by molar-refractivity contribution is -0.184. The van der Waals surface area contributed by atoms with Gasteiger partial charge in [0.25, 0.3) is 10.1 Å². The summed E-state index contributed by atoms with van der Waals surface area (Å²) in [4.78, 5) is 4.25. The molecule has 0 N–H and O–H groups in total. The number of hydrogen-bond acceptors (Lipinski definition) is 8. The molecule has 2 atom stereocenters. The van der Waals surface area contributed by atoms with Crippen LogP contribution in [0.3, 0.4) is 0 Å². The van der Waals surface area contributed by atoms with E-state index in [0.29, 0.717) is 32.6 Å². The zero-order chi connectivity index (χ0) is 27.7. The maximum atomic E-state index is 12.7. The second-order valence-corrected chi connectivity index (χ2v) is 11.4. The SMILES string of the molecule is CCCOc1cc(CC[C@@]2(Cn3ccnc3)OC[C@H](COS(=O)(=O)c3ccc(C)cc3)O2)cc(OCCC)c1. The molecule has 1 fully saturated rings. The molecule has 0 bridgehead atoms. The summed E-state index contributed by atoms with van der Waals surface area (Å²) in [6, 6.07) is 12.5. The van der Waals surface area contributed by atoms with E-state index in [0.717, 1.165) is 35.5 Å². The van der Waals surface area contributed by atoms with E-state index in [2.05, 4.69) is 18.8 Å². The molecule has 1 aromatic heterocycles. The minimum atomic E-state index is -3.91. The standard InChI is InChI=1S/C29H38N2O7S/c1-4-14-34-25-16-24(17-26(18-25)35-15-5-2)10-11-29(21-31-13-12-30-22-31)36-19-27(38-29)20-37-39(32,33)28-8-6-23(3)7-9-28/h6-9,12-13,16-18,22,27H,4-5,10-11,14-15,19-21H2,1-3H3/t27-,29-/m1/s1. The molecule has 1 saturated heterocycles. The second kappa shape index (κ2) is 13.4. The van der Waals surface area contributed by atoms with Crippen LogP contribution in [-0.2, 0) is 36.7 Å². The highest BCUT2D eigenvalue weighted by atomic mass is 32.2. The van der Waals surface area contributed by atoms with Gasteiger partial charge in [0.05, 0.1) is 44.2 Å². The van der Waals surface area contributed by atoms with Crippen LogP contribution in [0.25, 0.3) is 0 Å². The molecule has 0 aliphatic carbocycles. The van der Waals surface area contributed by atoms with Crippen LogP contribution in [-0.4, -0.2) is 56.3 Å². The minimum Gasteiger partial charge on any atom is -0.493 e. The van der Waals surface area contributed by atoms with Gasteiger partial charge in [-0.3, -0.25) is 4.18 Å². The maximum Gasteiger partial charge on any atom is 0.297 e. The first-order valence-corrected chi connectivity index (χ1v) is 14.8. The molecule has 4 rings (SSSR count). The first-order valence-electron chi connectivity index (χ1n) is 13.4. The molecule has 3 aromatic rings. The van der Waals surface area contributed by atoms with Crippen molar-refractivity contribution in [1.29, 1.82) is 0 Å². The third kappa shape index (κ3) is 8.28. The van der Waals surface area contributed by atoms with E-state index in [-0.39, 0.29) is 18.1 Å². The Labute approximate surface area is 231 Å². The fraction of sp³-hybridized carbons (Fsp3) is 0.483. The van der Waals surface area contributed by atoms with Crippen molar-refractivity contribution in [3.63, 3.8) is 0 Å². The fourth-order valence-corrected chi connectivity index (χ4v) is 5.24.